The fraction of sp³-hybridized carbons (Fsp3) is 0.938. The minimum Gasteiger partial charge on any atom is -0.394 e. The first-order valence-electron chi connectivity index (χ1n) is 27.4. The number of hydrogen-bond acceptors (Lipinski definition) is 35. The molecule has 34 atom stereocenters. The van der Waals surface area contributed by atoms with Crippen LogP contribution in [0.5, 0.6) is 0 Å². The van der Waals surface area contributed by atoms with Crippen molar-refractivity contribution in [1.29, 1.82) is 0 Å². The predicted molar refractivity (Wildman–Crippen MR) is 267 cm³/mol. The van der Waals surface area contributed by atoms with Crippen molar-refractivity contribution < 1.29 is 173 Å². The molecule has 3 amide bonds. The Morgan fingerprint density at radius 1 is 0.419 bits per heavy atom. The molecule has 0 radical (unpaired) electrons. The molecule has 86 heavy (non-hydrogen) atoms. The Morgan fingerprint density at radius 2 is 0.837 bits per heavy atom. The highest BCUT2D eigenvalue weighted by Gasteiger charge is 2.59. The molecule has 38 nitrogen and oxygen atoms in total. The number of carbonyl (C=O) groups excluding carboxylic acids is 3. The normalized spacial score (nSPS) is 45.5. The quantitative estimate of drug-likeness (QED) is 0.0404. The molecule has 0 aromatic rings. The van der Waals surface area contributed by atoms with Gasteiger partial charge in [-0.25, -0.2) is 0 Å². The van der Waals surface area contributed by atoms with Gasteiger partial charge in [-0.05, 0) is 6.92 Å². The van der Waals surface area contributed by atoms with Crippen molar-refractivity contribution in [3.05, 3.63) is 0 Å². The van der Waals surface area contributed by atoms with E-state index in [2.05, 4.69) is 16.0 Å². The fourth-order valence-corrected chi connectivity index (χ4v) is 10.6. The molecule has 500 valence electrons. The number of nitrogens with one attached hydrogen (secondary N) is 3. The largest absolute Gasteiger partial charge is 0.394 e. The molecule has 0 spiro atoms. The summed E-state index contributed by atoms with van der Waals surface area (Å²) < 4.78 is 69.8. The zero-order valence-corrected chi connectivity index (χ0v) is 46.6. The minimum absolute atomic E-state index is 0.799. The van der Waals surface area contributed by atoms with E-state index >= 15 is 0 Å². The maximum absolute atomic E-state index is 13.1. The third-order valence-corrected chi connectivity index (χ3v) is 15.3. The lowest BCUT2D eigenvalue weighted by Crippen LogP contribution is -2.71. The van der Waals surface area contributed by atoms with Crippen molar-refractivity contribution in [3.63, 3.8) is 0 Å². The van der Waals surface area contributed by atoms with E-state index in [4.69, 9.17) is 56.8 Å². The van der Waals surface area contributed by atoms with Crippen LogP contribution >= 0.6 is 0 Å². The maximum Gasteiger partial charge on any atom is 0.217 e. The van der Waals surface area contributed by atoms with Crippen molar-refractivity contribution in [2.75, 3.05) is 46.2 Å². The second kappa shape index (κ2) is 31.9. The summed E-state index contributed by atoms with van der Waals surface area (Å²) in [5, 5.41) is 223. The molecule has 0 unspecified atom stereocenters. The number of ether oxygens (including phenoxy) is 12. The van der Waals surface area contributed by atoms with Gasteiger partial charge in [0, 0.05) is 20.8 Å². The highest BCUT2D eigenvalue weighted by molar-refractivity contribution is 5.74. The van der Waals surface area contributed by atoms with Crippen LogP contribution in [0.4, 0.5) is 0 Å². The van der Waals surface area contributed by atoms with Gasteiger partial charge in [0.1, 0.15) is 159 Å². The topological polar surface area (TPSA) is 603 Å². The van der Waals surface area contributed by atoms with Crippen LogP contribution in [0.25, 0.3) is 0 Å². The molecule has 6 aliphatic rings. The first kappa shape index (κ1) is 72.2. The summed E-state index contributed by atoms with van der Waals surface area (Å²) in [6, 6.07) is -5.26. The molecular weight excluding hydrogens is 1180 g/mol. The van der Waals surface area contributed by atoms with Crippen LogP contribution < -0.4 is 16.0 Å². The lowest BCUT2D eigenvalue weighted by molar-refractivity contribution is -0.390. The number of rotatable bonds is 25. The van der Waals surface area contributed by atoms with Gasteiger partial charge in [-0.2, -0.15) is 0 Å². The summed E-state index contributed by atoms with van der Waals surface area (Å²) in [7, 11) is 0. The molecule has 0 aromatic heterocycles. The molecule has 6 fully saturated rings. The number of amides is 3. The van der Waals surface area contributed by atoms with Crippen LogP contribution in [-0.2, 0) is 71.2 Å². The standard InChI is InChI=1S/C48H83N3O35/c1-12-25(62)31(68)34(71)45(76-12)84-40-22(10-57)81-44(24(51-15(4)60)41(40)85-47-36(73)33(70)28(65)19(7-54)78-47)86-42-29(66)20(8-55)79-48(37(42)74)83-39-21(9-56)80-43(23(30(39)67)50-14(3)59)75-11-17(61)26(63)38(16(5-52)49-13(2)58)82-46-35(72)32(69)27(64)18(6-53)77-46/h12,16-48,52-57,61-74H,5-11H2,1-4H3,(H,49,58)(H,50,59)(H,51,60)/t12-,16-,17+,18+,19+,20+,21+,22+,23+,24+,25+,26-,27-,28-,29-,30+,31+,32-,33-,34-,35+,36+,37+,38+,39+,40+,41+,42-,43+,44-,45-,46-,47-,48-/m0/s1. The van der Waals surface area contributed by atoms with Gasteiger partial charge >= 0.3 is 0 Å². The Balaban J connectivity index is 1.25. The Morgan fingerprint density at radius 3 is 1.36 bits per heavy atom. The number of hydrogen-bond donors (Lipinski definition) is 23. The first-order chi connectivity index (χ1) is 40.6. The van der Waals surface area contributed by atoms with Gasteiger partial charge in [0.25, 0.3) is 0 Å². The monoisotopic (exact) mass is 1260 g/mol. The highest BCUT2D eigenvalue weighted by Crippen LogP contribution is 2.38. The second-order valence-corrected chi connectivity index (χ2v) is 21.6. The second-order valence-electron chi connectivity index (χ2n) is 21.6. The van der Waals surface area contributed by atoms with Crippen molar-refractivity contribution in [2.45, 2.75) is 236 Å². The Labute approximate surface area is 488 Å². The molecule has 6 rings (SSSR count). The predicted octanol–water partition coefficient (Wildman–Crippen LogP) is -15.2. The smallest absolute Gasteiger partial charge is 0.217 e. The Kier molecular flexibility index (Phi) is 26.8. The zero-order valence-electron chi connectivity index (χ0n) is 46.6. The molecule has 0 saturated carbocycles. The van der Waals surface area contributed by atoms with E-state index < -0.39 is 272 Å². The van der Waals surface area contributed by atoms with Gasteiger partial charge in [-0.3, -0.25) is 14.4 Å². The molecule has 6 heterocycles. The summed E-state index contributed by atoms with van der Waals surface area (Å²) in [6.07, 6.45) is -60.2. The van der Waals surface area contributed by atoms with E-state index in [1.165, 1.54) is 6.92 Å². The molecular formula is C48H83N3O35. The van der Waals surface area contributed by atoms with Crippen molar-refractivity contribution in [2.24, 2.45) is 0 Å². The van der Waals surface area contributed by atoms with Crippen molar-refractivity contribution >= 4 is 17.7 Å². The molecule has 23 N–H and O–H groups in total. The minimum atomic E-state index is -2.31. The van der Waals surface area contributed by atoms with Crippen LogP contribution in [0.1, 0.15) is 27.7 Å². The van der Waals surface area contributed by atoms with Crippen LogP contribution in [0.3, 0.4) is 0 Å². The van der Waals surface area contributed by atoms with Gasteiger partial charge in [0.15, 0.2) is 37.7 Å². The number of aliphatic hydroxyl groups is 20. The van der Waals surface area contributed by atoms with E-state index in [-0.39, 0.29) is 0 Å². The highest BCUT2D eigenvalue weighted by atomic mass is 16.8. The van der Waals surface area contributed by atoms with E-state index in [1.807, 2.05) is 0 Å². The number of aliphatic hydroxyl groups excluding tert-OH is 20. The molecule has 0 bridgehead atoms. The first-order valence-corrected chi connectivity index (χ1v) is 27.4. The average Bonchev–Trinajstić information content (AvgIpc) is 1.12. The fourth-order valence-electron chi connectivity index (χ4n) is 10.6. The summed E-state index contributed by atoms with van der Waals surface area (Å²) >= 11 is 0. The van der Waals surface area contributed by atoms with Crippen LogP contribution in [0.2, 0.25) is 0 Å². The summed E-state index contributed by atoms with van der Waals surface area (Å²) in [6.45, 7) is -2.91. The Bertz CT molecular complexity index is 2110. The van der Waals surface area contributed by atoms with E-state index in [1.54, 1.807) is 0 Å². The molecule has 0 aromatic carbocycles. The SMILES string of the molecule is CC(=O)N[C@H]1[C@H](OC[C@@H](O)[C@H](O)[C@H](O[C@@H]2O[C@H](CO)[C@H](O)[C@H](O)[C@H]2O)[C@H](CO)NC(C)=O)O[C@H](CO)[C@@H](O[C@@H]2O[C@H](CO)[C@H](O)[C@H](O[C@@H]3O[C@H](CO)[C@@H](O[C@@H]4O[C@@H](C)[C@@H](O)[C@@H](O)[C@@H]4O)[C@H](O[C@@H]4O[C@H](CO)[C@H](O)[C@H](O)[C@H]4O)[C@H]3NC(C)=O)[C@H]2O)[C@@H]1O. The third kappa shape index (κ3) is 16.4. The van der Waals surface area contributed by atoms with E-state index in [0.717, 1.165) is 20.8 Å². The van der Waals surface area contributed by atoms with Gasteiger partial charge in [-0.1, -0.05) is 0 Å². The third-order valence-electron chi connectivity index (χ3n) is 15.3. The van der Waals surface area contributed by atoms with Crippen molar-refractivity contribution in [3.8, 4) is 0 Å². The Hall–Kier alpha value is -2.87. The average molecular weight is 1260 g/mol. The summed E-state index contributed by atoms with van der Waals surface area (Å²) in [5.41, 5.74) is 0. The van der Waals surface area contributed by atoms with Crippen molar-refractivity contribution in [1.82, 2.24) is 16.0 Å². The maximum atomic E-state index is 13.1. The van der Waals surface area contributed by atoms with Gasteiger partial charge < -0.3 is 175 Å². The van der Waals surface area contributed by atoms with Crippen LogP contribution in [0, 0.1) is 0 Å². The lowest BCUT2D eigenvalue weighted by atomic mass is 9.93. The van der Waals surface area contributed by atoms with Gasteiger partial charge in [0.05, 0.1) is 58.4 Å². The molecule has 6 aliphatic heterocycles. The molecule has 0 aliphatic carbocycles. The molecule has 6 saturated heterocycles. The summed E-state index contributed by atoms with van der Waals surface area (Å²) in [4.78, 5) is 37.8. The van der Waals surface area contributed by atoms with E-state index in [0.29, 0.717) is 0 Å². The number of carbonyl (C=O) groups is 3. The zero-order chi connectivity index (χ0) is 63.9. The van der Waals surface area contributed by atoms with Gasteiger partial charge in [-0.15, -0.1) is 0 Å². The van der Waals surface area contributed by atoms with Gasteiger partial charge in [0.2, 0.25) is 17.7 Å². The molecule has 38 heteroatoms. The van der Waals surface area contributed by atoms with Crippen LogP contribution in [-0.4, -0.2) is 375 Å². The van der Waals surface area contributed by atoms with E-state index in [9.17, 15) is 117 Å². The lowest BCUT2D eigenvalue weighted by Gasteiger charge is -2.51. The summed E-state index contributed by atoms with van der Waals surface area (Å²) in [5.74, 6) is -2.58. The van der Waals surface area contributed by atoms with Crippen LogP contribution in [0.15, 0.2) is 0 Å².